The lowest BCUT2D eigenvalue weighted by Gasteiger charge is -2.17. The van der Waals surface area contributed by atoms with Crippen LogP contribution in [0.3, 0.4) is 0 Å². The second kappa shape index (κ2) is 6.60. The zero-order chi connectivity index (χ0) is 17.3. The molecule has 0 atom stereocenters. The van der Waals surface area contributed by atoms with Gasteiger partial charge in [0.25, 0.3) is 5.91 Å². The van der Waals surface area contributed by atoms with Crippen molar-refractivity contribution in [3.63, 3.8) is 0 Å². The van der Waals surface area contributed by atoms with Crippen molar-refractivity contribution in [2.75, 3.05) is 19.8 Å². The Bertz CT molecular complexity index is 787. The Hall–Kier alpha value is -2.20. The van der Waals surface area contributed by atoms with E-state index in [0.717, 1.165) is 19.3 Å². The normalized spacial score (nSPS) is 17.5. The first kappa shape index (κ1) is 16.3. The van der Waals surface area contributed by atoms with Gasteiger partial charge < -0.3 is 14.8 Å². The molecule has 1 heterocycles. The van der Waals surface area contributed by atoms with Gasteiger partial charge in [-0.15, -0.1) is 0 Å². The molecule has 4 rings (SSSR count). The van der Waals surface area contributed by atoms with Gasteiger partial charge in [0.2, 0.25) is 0 Å². The fourth-order valence-corrected chi connectivity index (χ4v) is 3.49. The van der Waals surface area contributed by atoms with Gasteiger partial charge in [-0.05, 0) is 30.5 Å². The van der Waals surface area contributed by atoms with Gasteiger partial charge in [0.15, 0.2) is 11.5 Å². The zero-order valence-corrected chi connectivity index (χ0v) is 14.6. The Kier molecular flexibility index (Phi) is 4.30. The van der Waals surface area contributed by atoms with E-state index < -0.39 is 0 Å². The molecule has 0 aromatic heterocycles. The van der Waals surface area contributed by atoms with Crippen LogP contribution in [0.25, 0.3) is 0 Å². The molecular formula is C20H20ClNO3. The van der Waals surface area contributed by atoms with E-state index in [2.05, 4.69) is 17.4 Å². The highest BCUT2D eigenvalue weighted by atomic mass is 35.5. The van der Waals surface area contributed by atoms with Crippen LogP contribution in [-0.2, 0) is 5.41 Å². The van der Waals surface area contributed by atoms with Crippen molar-refractivity contribution in [2.45, 2.75) is 24.7 Å². The molecule has 1 N–H and O–H groups in total. The Morgan fingerprint density at radius 1 is 1.12 bits per heavy atom. The number of halogens is 1. The number of hydrogen-bond acceptors (Lipinski definition) is 3. The lowest BCUT2D eigenvalue weighted by molar-refractivity contribution is 0.0949. The van der Waals surface area contributed by atoms with Crippen molar-refractivity contribution in [3.8, 4) is 11.5 Å². The van der Waals surface area contributed by atoms with Crippen LogP contribution in [-0.4, -0.2) is 25.7 Å². The van der Waals surface area contributed by atoms with E-state index in [4.69, 9.17) is 21.1 Å². The van der Waals surface area contributed by atoms with E-state index in [1.54, 1.807) is 12.1 Å². The average Bonchev–Trinajstić information content (AvgIpc) is 3.45. The van der Waals surface area contributed by atoms with Crippen molar-refractivity contribution in [1.29, 1.82) is 0 Å². The van der Waals surface area contributed by atoms with Crippen LogP contribution in [0.15, 0.2) is 42.5 Å². The molecule has 1 aliphatic heterocycles. The highest BCUT2D eigenvalue weighted by Crippen LogP contribution is 2.47. The number of benzene rings is 2. The van der Waals surface area contributed by atoms with Crippen molar-refractivity contribution >= 4 is 17.5 Å². The smallest absolute Gasteiger partial charge is 0.251 e. The first-order valence-electron chi connectivity index (χ1n) is 8.61. The molecule has 0 radical (unpaired) electrons. The van der Waals surface area contributed by atoms with Crippen LogP contribution in [0.5, 0.6) is 11.5 Å². The minimum Gasteiger partial charge on any atom is -0.489 e. The zero-order valence-electron chi connectivity index (χ0n) is 13.9. The summed E-state index contributed by atoms with van der Waals surface area (Å²) in [5.41, 5.74) is 1.86. The van der Waals surface area contributed by atoms with Gasteiger partial charge in [-0.2, -0.15) is 0 Å². The number of carbonyl (C=O) groups excluding carboxylic acids is 1. The molecule has 0 bridgehead atoms. The number of amides is 1. The van der Waals surface area contributed by atoms with E-state index in [0.29, 0.717) is 41.8 Å². The molecular weight excluding hydrogens is 338 g/mol. The summed E-state index contributed by atoms with van der Waals surface area (Å²) < 4.78 is 11.3. The largest absolute Gasteiger partial charge is 0.489 e. The van der Waals surface area contributed by atoms with Gasteiger partial charge in [0.05, 0.1) is 18.2 Å². The number of fused-ring (bicyclic) bond motifs is 1. The first-order chi connectivity index (χ1) is 12.2. The molecule has 2 aliphatic rings. The number of hydrogen-bond donors (Lipinski definition) is 1. The molecule has 1 amide bonds. The molecule has 5 heteroatoms. The second-order valence-electron chi connectivity index (χ2n) is 6.66. The molecule has 0 spiro atoms. The van der Waals surface area contributed by atoms with Gasteiger partial charge in [-0.1, -0.05) is 41.9 Å². The number of ether oxygens (including phenoxy) is 2. The van der Waals surface area contributed by atoms with Crippen molar-refractivity contribution in [2.24, 2.45) is 0 Å². The highest BCUT2D eigenvalue weighted by molar-refractivity contribution is 6.32. The van der Waals surface area contributed by atoms with Crippen LogP contribution in [0.4, 0.5) is 0 Å². The first-order valence-corrected chi connectivity index (χ1v) is 8.99. The number of carbonyl (C=O) groups is 1. The highest BCUT2D eigenvalue weighted by Gasteiger charge is 2.44. The van der Waals surface area contributed by atoms with Gasteiger partial charge in [0, 0.05) is 23.9 Å². The molecule has 4 nitrogen and oxygen atoms in total. The summed E-state index contributed by atoms with van der Waals surface area (Å²) in [5.74, 6) is 0.928. The van der Waals surface area contributed by atoms with Gasteiger partial charge in [-0.25, -0.2) is 0 Å². The second-order valence-corrected chi connectivity index (χ2v) is 7.07. The summed E-state index contributed by atoms with van der Waals surface area (Å²) in [5, 5.41) is 3.47. The van der Waals surface area contributed by atoms with Crippen molar-refractivity contribution in [3.05, 3.63) is 58.6 Å². The topological polar surface area (TPSA) is 47.6 Å². The van der Waals surface area contributed by atoms with E-state index in [9.17, 15) is 4.79 Å². The SMILES string of the molecule is O=C(NCC1(c2ccccc2)CC1)c1cc(Cl)c2c(c1)OCCCO2. The molecule has 0 saturated heterocycles. The Balaban J connectivity index is 1.49. The van der Waals surface area contributed by atoms with Crippen molar-refractivity contribution in [1.82, 2.24) is 5.32 Å². The number of rotatable bonds is 4. The Morgan fingerprint density at radius 3 is 2.64 bits per heavy atom. The van der Waals surface area contributed by atoms with Crippen molar-refractivity contribution < 1.29 is 14.3 Å². The fourth-order valence-electron chi connectivity index (χ4n) is 3.22. The average molecular weight is 358 g/mol. The summed E-state index contributed by atoms with van der Waals surface area (Å²) >= 11 is 6.28. The van der Waals surface area contributed by atoms with Crippen LogP contribution >= 0.6 is 11.6 Å². The molecule has 130 valence electrons. The predicted molar refractivity (Wildman–Crippen MR) is 96.7 cm³/mol. The molecule has 25 heavy (non-hydrogen) atoms. The lowest BCUT2D eigenvalue weighted by atomic mass is 9.96. The Morgan fingerprint density at radius 2 is 1.88 bits per heavy atom. The number of nitrogens with one attached hydrogen (secondary N) is 1. The summed E-state index contributed by atoms with van der Waals surface area (Å²) in [6, 6.07) is 13.7. The molecule has 1 aliphatic carbocycles. The van der Waals surface area contributed by atoms with Crippen LogP contribution in [0, 0.1) is 0 Å². The minimum atomic E-state index is -0.139. The standard InChI is InChI=1S/C20H20ClNO3/c21-16-11-14(12-17-18(16)25-10-4-9-24-17)19(23)22-13-20(7-8-20)15-5-2-1-3-6-15/h1-3,5-6,11-12H,4,7-10,13H2,(H,22,23). The molecule has 1 fully saturated rings. The Labute approximate surface area is 152 Å². The fraction of sp³-hybridized carbons (Fsp3) is 0.350. The maximum absolute atomic E-state index is 12.6. The monoisotopic (exact) mass is 357 g/mol. The third kappa shape index (κ3) is 3.31. The van der Waals surface area contributed by atoms with Crippen LogP contribution in [0.1, 0.15) is 35.2 Å². The molecule has 0 unspecified atom stereocenters. The third-order valence-corrected chi connectivity index (χ3v) is 5.17. The van der Waals surface area contributed by atoms with E-state index in [1.807, 2.05) is 18.2 Å². The maximum atomic E-state index is 12.6. The van der Waals surface area contributed by atoms with Crippen LogP contribution in [0.2, 0.25) is 5.02 Å². The van der Waals surface area contributed by atoms with E-state index in [-0.39, 0.29) is 11.3 Å². The van der Waals surface area contributed by atoms with Gasteiger partial charge in [-0.3, -0.25) is 4.79 Å². The van der Waals surface area contributed by atoms with Gasteiger partial charge >= 0.3 is 0 Å². The van der Waals surface area contributed by atoms with Gasteiger partial charge in [0.1, 0.15) is 0 Å². The summed E-state index contributed by atoms with van der Waals surface area (Å²) in [4.78, 5) is 12.6. The molecule has 2 aromatic carbocycles. The molecule has 1 saturated carbocycles. The summed E-state index contributed by atoms with van der Waals surface area (Å²) in [6.07, 6.45) is 2.99. The minimum absolute atomic E-state index is 0.0754. The predicted octanol–water partition coefficient (Wildman–Crippen LogP) is 3.96. The quantitative estimate of drug-likeness (QED) is 0.900. The third-order valence-electron chi connectivity index (χ3n) is 4.89. The molecule has 2 aromatic rings. The maximum Gasteiger partial charge on any atom is 0.251 e. The lowest BCUT2D eigenvalue weighted by Crippen LogP contribution is -2.32. The summed E-state index contributed by atoms with van der Waals surface area (Å²) in [6.45, 7) is 1.76. The van der Waals surface area contributed by atoms with E-state index in [1.165, 1.54) is 5.56 Å². The van der Waals surface area contributed by atoms with E-state index >= 15 is 0 Å². The van der Waals surface area contributed by atoms with Crippen LogP contribution < -0.4 is 14.8 Å². The summed E-state index contributed by atoms with van der Waals surface area (Å²) in [7, 11) is 0.